The second kappa shape index (κ2) is 9.13. The highest BCUT2D eigenvalue weighted by Crippen LogP contribution is 2.38. The lowest BCUT2D eigenvalue weighted by Gasteiger charge is -2.35. The van der Waals surface area contributed by atoms with Crippen LogP contribution in [0.5, 0.6) is 17.2 Å². The van der Waals surface area contributed by atoms with Gasteiger partial charge >= 0.3 is 5.69 Å². The predicted molar refractivity (Wildman–Crippen MR) is 110 cm³/mol. The minimum Gasteiger partial charge on any atom is -0.493 e. The Balaban J connectivity index is 1.88. The molecule has 0 N–H and O–H groups in total. The number of carbonyl (C=O) groups is 1. The average molecular weight is 419 g/mol. The quantitative estimate of drug-likeness (QED) is 0.460. The third-order valence-electron chi connectivity index (χ3n) is 5.11. The molecule has 8 heteroatoms. The Morgan fingerprint density at radius 1 is 1.21 bits per heavy atom. The topological polar surface area (TPSA) is 81.9 Å². The largest absolute Gasteiger partial charge is 0.493 e. The molecule has 0 spiro atoms. The molecular formula is C21H23ClN2O5. The van der Waals surface area contributed by atoms with E-state index >= 15 is 0 Å². The summed E-state index contributed by atoms with van der Waals surface area (Å²) >= 11 is 5.85. The van der Waals surface area contributed by atoms with E-state index in [1.54, 1.807) is 18.2 Å². The van der Waals surface area contributed by atoms with E-state index in [2.05, 4.69) is 6.92 Å². The van der Waals surface area contributed by atoms with Gasteiger partial charge in [-0.25, -0.2) is 0 Å². The third-order valence-corrected chi connectivity index (χ3v) is 5.34. The molecule has 154 valence electrons. The molecule has 0 saturated carbocycles. The summed E-state index contributed by atoms with van der Waals surface area (Å²) in [5.74, 6) is 0.600. The lowest BCUT2D eigenvalue weighted by molar-refractivity contribution is -0.385. The zero-order chi connectivity index (χ0) is 21.0. The van der Waals surface area contributed by atoms with E-state index < -0.39 is 4.92 Å². The Labute approximate surface area is 174 Å². The number of hydrogen-bond donors (Lipinski definition) is 0. The standard InChI is InChI=1S/C21H23ClN2O5/c1-3-16-6-4-5-11-23(16)21(25)14-7-9-19(20(12-14)28-2)29-18-10-8-15(22)13-17(18)24(26)27/h7-10,12-13,16H,3-6,11H2,1-2H3. The summed E-state index contributed by atoms with van der Waals surface area (Å²) in [5, 5.41) is 11.5. The average Bonchev–Trinajstić information content (AvgIpc) is 2.74. The van der Waals surface area contributed by atoms with Gasteiger partial charge in [0.2, 0.25) is 5.75 Å². The number of likely N-dealkylation sites (tertiary alicyclic amines) is 1. The number of carbonyl (C=O) groups excluding carboxylic acids is 1. The third kappa shape index (κ3) is 4.62. The van der Waals surface area contributed by atoms with Crippen LogP contribution in [0.4, 0.5) is 5.69 Å². The van der Waals surface area contributed by atoms with Crippen molar-refractivity contribution < 1.29 is 19.2 Å². The van der Waals surface area contributed by atoms with Crippen LogP contribution in [0.3, 0.4) is 0 Å². The second-order valence-electron chi connectivity index (χ2n) is 6.89. The van der Waals surface area contributed by atoms with Crippen molar-refractivity contribution in [2.45, 2.75) is 38.6 Å². The Hall–Kier alpha value is -2.80. The van der Waals surface area contributed by atoms with Crippen molar-refractivity contribution >= 4 is 23.2 Å². The van der Waals surface area contributed by atoms with Gasteiger partial charge < -0.3 is 14.4 Å². The first-order valence-corrected chi connectivity index (χ1v) is 9.93. The maximum atomic E-state index is 13.0. The highest BCUT2D eigenvalue weighted by molar-refractivity contribution is 6.30. The number of benzene rings is 2. The smallest absolute Gasteiger partial charge is 0.313 e. The van der Waals surface area contributed by atoms with Gasteiger partial charge in [-0.3, -0.25) is 14.9 Å². The van der Waals surface area contributed by atoms with E-state index in [0.717, 1.165) is 32.2 Å². The number of amides is 1. The molecule has 2 aromatic carbocycles. The highest BCUT2D eigenvalue weighted by atomic mass is 35.5. The molecule has 1 atom stereocenters. The highest BCUT2D eigenvalue weighted by Gasteiger charge is 2.27. The maximum absolute atomic E-state index is 13.0. The molecule has 0 radical (unpaired) electrons. The van der Waals surface area contributed by atoms with E-state index in [0.29, 0.717) is 11.3 Å². The van der Waals surface area contributed by atoms with E-state index in [9.17, 15) is 14.9 Å². The van der Waals surface area contributed by atoms with Gasteiger partial charge in [-0.05, 0) is 56.0 Å². The Morgan fingerprint density at radius 2 is 1.97 bits per heavy atom. The molecule has 1 fully saturated rings. The Morgan fingerprint density at radius 3 is 2.66 bits per heavy atom. The molecule has 1 heterocycles. The van der Waals surface area contributed by atoms with Gasteiger partial charge in [0.15, 0.2) is 11.5 Å². The van der Waals surface area contributed by atoms with Crippen LogP contribution in [0.15, 0.2) is 36.4 Å². The van der Waals surface area contributed by atoms with Crippen molar-refractivity contribution in [3.05, 3.63) is 57.1 Å². The first-order chi connectivity index (χ1) is 13.9. The Bertz CT molecular complexity index is 918. The maximum Gasteiger partial charge on any atom is 0.313 e. The zero-order valence-corrected chi connectivity index (χ0v) is 17.1. The van der Waals surface area contributed by atoms with E-state index in [4.69, 9.17) is 21.1 Å². The number of nitrogens with zero attached hydrogens (tertiary/aromatic N) is 2. The summed E-state index contributed by atoms with van der Waals surface area (Å²) in [6.45, 7) is 2.84. The van der Waals surface area contributed by atoms with E-state index in [1.807, 2.05) is 4.90 Å². The lowest BCUT2D eigenvalue weighted by atomic mass is 9.99. The number of methoxy groups -OCH3 is 1. The zero-order valence-electron chi connectivity index (χ0n) is 16.4. The van der Waals surface area contributed by atoms with Crippen LogP contribution >= 0.6 is 11.6 Å². The monoisotopic (exact) mass is 418 g/mol. The van der Waals surface area contributed by atoms with Crippen molar-refractivity contribution in [1.82, 2.24) is 4.90 Å². The van der Waals surface area contributed by atoms with Crippen molar-refractivity contribution in [1.29, 1.82) is 0 Å². The number of ether oxygens (including phenoxy) is 2. The van der Waals surface area contributed by atoms with Gasteiger partial charge in [0.1, 0.15) is 0 Å². The molecule has 0 bridgehead atoms. The van der Waals surface area contributed by atoms with Crippen LogP contribution in [-0.4, -0.2) is 35.4 Å². The Kier molecular flexibility index (Phi) is 6.59. The fraction of sp³-hybridized carbons (Fsp3) is 0.381. The molecule has 29 heavy (non-hydrogen) atoms. The summed E-state index contributed by atoms with van der Waals surface area (Å²) in [7, 11) is 1.46. The van der Waals surface area contributed by atoms with Crippen molar-refractivity contribution in [2.75, 3.05) is 13.7 Å². The molecule has 1 saturated heterocycles. The molecule has 0 aromatic heterocycles. The molecular weight excluding hydrogens is 396 g/mol. The molecule has 0 aliphatic carbocycles. The van der Waals surface area contributed by atoms with Crippen LogP contribution in [0.2, 0.25) is 5.02 Å². The number of rotatable bonds is 6. The van der Waals surface area contributed by atoms with Crippen molar-refractivity contribution in [2.24, 2.45) is 0 Å². The number of piperidine rings is 1. The summed E-state index contributed by atoms with van der Waals surface area (Å²) in [4.78, 5) is 25.7. The fourth-order valence-electron chi connectivity index (χ4n) is 3.58. The van der Waals surface area contributed by atoms with Gasteiger partial charge in [-0.2, -0.15) is 0 Å². The lowest BCUT2D eigenvalue weighted by Crippen LogP contribution is -2.43. The summed E-state index contributed by atoms with van der Waals surface area (Å²) in [6.07, 6.45) is 4.07. The van der Waals surface area contributed by atoms with Gasteiger partial charge in [0.25, 0.3) is 5.91 Å². The molecule has 1 aliphatic heterocycles. The van der Waals surface area contributed by atoms with Crippen LogP contribution in [0.1, 0.15) is 43.0 Å². The number of halogens is 1. The van der Waals surface area contributed by atoms with Crippen LogP contribution in [0.25, 0.3) is 0 Å². The summed E-state index contributed by atoms with van der Waals surface area (Å²) in [6, 6.07) is 9.27. The molecule has 2 aromatic rings. The van der Waals surface area contributed by atoms with Crippen molar-refractivity contribution in [3.63, 3.8) is 0 Å². The van der Waals surface area contributed by atoms with Crippen LogP contribution in [0, 0.1) is 10.1 Å². The molecule has 1 unspecified atom stereocenters. The van der Waals surface area contributed by atoms with Gasteiger partial charge in [-0.1, -0.05) is 18.5 Å². The second-order valence-corrected chi connectivity index (χ2v) is 7.33. The first kappa shape index (κ1) is 20.9. The molecule has 3 rings (SSSR count). The molecule has 1 aliphatic rings. The first-order valence-electron chi connectivity index (χ1n) is 9.55. The van der Waals surface area contributed by atoms with Crippen LogP contribution < -0.4 is 9.47 Å². The van der Waals surface area contributed by atoms with E-state index in [-0.39, 0.29) is 34.2 Å². The number of nitro benzene ring substituents is 1. The van der Waals surface area contributed by atoms with Crippen LogP contribution in [-0.2, 0) is 0 Å². The summed E-state index contributed by atoms with van der Waals surface area (Å²) < 4.78 is 11.1. The predicted octanol–water partition coefficient (Wildman–Crippen LogP) is 5.45. The fourth-order valence-corrected chi connectivity index (χ4v) is 3.75. The van der Waals surface area contributed by atoms with Gasteiger partial charge in [0.05, 0.1) is 12.0 Å². The minimum atomic E-state index is -0.563. The van der Waals surface area contributed by atoms with Gasteiger partial charge in [0, 0.05) is 29.2 Å². The number of hydrogen-bond acceptors (Lipinski definition) is 5. The number of nitro groups is 1. The summed E-state index contributed by atoms with van der Waals surface area (Å²) in [5.41, 5.74) is 0.249. The minimum absolute atomic E-state index is 0.0406. The SMILES string of the molecule is CCC1CCCCN1C(=O)c1ccc(Oc2ccc(Cl)cc2[N+](=O)[O-])c(OC)c1. The van der Waals surface area contributed by atoms with E-state index in [1.165, 1.54) is 25.3 Å². The van der Waals surface area contributed by atoms with Crippen molar-refractivity contribution in [3.8, 4) is 17.2 Å². The normalized spacial score (nSPS) is 16.4. The van der Waals surface area contributed by atoms with Gasteiger partial charge in [-0.15, -0.1) is 0 Å². The molecule has 7 nitrogen and oxygen atoms in total. The molecule has 1 amide bonds.